The molecule has 0 aliphatic rings. The molecule has 1 rings (SSSR count). The van der Waals surface area contributed by atoms with Crippen LogP contribution >= 0.6 is 0 Å². The lowest BCUT2D eigenvalue weighted by Crippen LogP contribution is -2.28. The van der Waals surface area contributed by atoms with Crippen molar-refractivity contribution in [1.29, 1.82) is 0 Å². The van der Waals surface area contributed by atoms with Gasteiger partial charge >= 0.3 is 0 Å². The van der Waals surface area contributed by atoms with Gasteiger partial charge in [0.2, 0.25) is 0 Å². The van der Waals surface area contributed by atoms with E-state index in [1.807, 2.05) is 20.8 Å². The summed E-state index contributed by atoms with van der Waals surface area (Å²) in [6.45, 7) is 5.46. The smallest absolute Gasteiger partial charge is 0.149 e. The van der Waals surface area contributed by atoms with Gasteiger partial charge in [-0.3, -0.25) is 9.00 Å². The molecule has 4 heteroatoms. The summed E-state index contributed by atoms with van der Waals surface area (Å²) in [6.07, 6.45) is 0.00843. The van der Waals surface area contributed by atoms with Crippen LogP contribution in [0.2, 0.25) is 0 Å². The summed E-state index contributed by atoms with van der Waals surface area (Å²) in [7, 11) is -1.22. The third-order valence-electron chi connectivity index (χ3n) is 2.32. The average molecular weight is 256 g/mol. The second-order valence-electron chi connectivity index (χ2n) is 4.91. The first-order valence-electron chi connectivity index (χ1n) is 5.44. The van der Waals surface area contributed by atoms with Crippen molar-refractivity contribution in [2.45, 2.75) is 31.9 Å². The van der Waals surface area contributed by atoms with Gasteiger partial charge in [-0.15, -0.1) is 0 Å². The molecule has 1 aromatic carbocycles. The largest absolute Gasteiger partial charge is 0.298 e. The van der Waals surface area contributed by atoms with E-state index >= 15 is 0 Å². The fraction of sp³-hybridized carbons (Fsp3) is 0.462. The normalized spacial score (nSPS) is 13.4. The Morgan fingerprint density at radius 3 is 2.41 bits per heavy atom. The Hall–Kier alpha value is -1.03. The van der Waals surface area contributed by atoms with Gasteiger partial charge in [-0.25, -0.2) is 4.39 Å². The highest BCUT2D eigenvalue weighted by molar-refractivity contribution is 7.87. The van der Waals surface area contributed by atoms with Crippen molar-refractivity contribution in [2.75, 3.05) is 5.75 Å². The maximum absolute atomic E-state index is 13.3. The summed E-state index contributed by atoms with van der Waals surface area (Å²) in [4.78, 5) is 11.7. The van der Waals surface area contributed by atoms with Crippen LogP contribution in [0.5, 0.6) is 0 Å². The molecule has 0 amide bonds. The zero-order chi connectivity index (χ0) is 13.1. The van der Waals surface area contributed by atoms with Crippen LogP contribution in [0.1, 0.15) is 26.3 Å². The molecule has 0 aliphatic carbocycles. The third kappa shape index (κ3) is 4.38. The van der Waals surface area contributed by atoms with Crippen molar-refractivity contribution in [3.8, 4) is 0 Å². The first kappa shape index (κ1) is 14.0. The van der Waals surface area contributed by atoms with Gasteiger partial charge in [0.15, 0.2) is 0 Å². The van der Waals surface area contributed by atoms with Gasteiger partial charge in [-0.05, 0) is 32.4 Å². The molecule has 0 bridgehead atoms. The fourth-order valence-corrected chi connectivity index (χ4v) is 2.10. The van der Waals surface area contributed by atoms with Crippen molar-refractivity contribution < 1.29 is 13.4 Å². The monoisotopic (exact) mass is 256 g/mol. The summed E-state index contributed by atoms with van der Waals surface area (Å²) < 4.78 is 24.6. The molecular weight excluding hydrogens is 239 g/mol. The average Bonchev–Trinajstić information content (AvgIpc) is 2.20. The molecule has 0 aliphatic heterocycles. The number of hydrogen-bond acceptors (Lipinski definition) is 2. The van der Waals surface area contributed by atoms with Gasteiger partial charge in [0.1, 0.15) is 11.6 Å². The van der Waals surface area contributed by atoms with Gasteiger partial charge in [0, 0.05) is 22.0 Å². The molecular formula is C13H17FO2S. The van der Waals surface area contributed by atoms with Crippen LogP contribution in [0.3, 0.4) is 0 Å². The van der Waals surface area contributed by atoms with E-state index in [-0.39, 0.29) is 23.8 Å². The molecule has 0 saturated carbocycles. The number of halogens is 1. The highest BCUT2D eigenvalue weighted by Crippen LogP contribution is 2.13. The van der Waals surface area contributed by atoms with Crippen LogP contribution in [-0.2, 0) is 22.0 Å². The number of hydrogen-bond donors (Lipinski definition) is 0. The molecule has 0 radical (unpaired) electrons. The predicted octanol–water partition coefficient (Wildman–Crippen LogP) is 2.48. The number of carbonyl (C=O) groups is 1. The van der Waals surface area contributed by atoms with Gasteiger partial charge in [-0.1, -0.05) is 18.2 Å². The molecule has 17 heavy (non-hydrogen) atoms. The van der Waals surface area contributed by atoms with Crippen LogP contribution in [0.25, 0.3) is 0 Å². The van der Waals surface area contributed by atoms with E-state index in [4.69, 9.17) is 0 Å². The zero-order valence-corrected chi connectivity index (χ0v) is 11.1. The Kier molecular flexibility index (Phi) is 4.57. The Bertz CT molecular complexity index is 435. The van der Waals surface area contributed by atoms with Gasteiger partial charge in [0.25, 0.3) is 0 Å². The maximum Gasteiger partial charge on any atom is 0.149 e. The van der Waals surface area contributed by atoms with E-state index in [9.17, 15) is 13.4 Å². The number of rotatable bonds is 4. The molecule has 0 saturated heterocycles. The second-order valence-corrected chi connectivity index (χ2v) is 7.11. The highest BCUT2D eigenvalue weighted by Gasteiger charge is 2.22. The molecule has 0 spiro atoms. The topological polar surface area (TPSA) is 34.1 Å². The number of benzene rings is 1. The molecule has 2 nitrogen and oxygen atoms in total. The molecule has 1 unspecified atom stereocenters. The Morgan fingerprint density at radius 1 is 1.29 bits per heavy atom. The maximum atomic E-state index is 13.3. The quantitative estimate of drug-likeness (QED) is 0.829. The van der Waals surface area contributed by atoms with Crippen LogP contribution in [0.4, 0.5) is 4.39 Å². The van der Waals surface area contributed by atoms with E-state index in [2.05, 4.69) is 0 Å². The lowest BCUT2D eigenvalue weighted by Gasteiger charge is -2.16. The summed E-state index contributed by atoms with van der Waals surface area (Å²) >= 11 is 0. The Balaban J connectivity index is 2.63. The first-order valence-corrected chi connectivity index (χ1v) is 6.76. The molecule has 94 valence electrons. The van der Waals surface area contributed by atoms with E-state index in [0.29, 0.717) is 5.56 Å². The van der Waals surface area contributed by atoms with Crippen molar-refractivity contribution in [3.63, 3.8) is 0 Å². The van der Waals surface area contributed by atoms with Crippen molar-refractivity contribution >= 4 is 16.6 Å². The van der Waals surface area contributed by atoms with Crippen molar-refractivity contribution in [2.24, 2.45) is 0 Å². The van der Waals surface area contributed by atoms with E-state index in [1.165, 1.54) is 6.07 Å². The van der Waals surface area contributed by atoms with Crippen LogP contribution < -0.4 is 0 Å². The number of carbonyl (C=O) groups excluding carboxylic acids is 1. The SMILES string of the molecule is CC(C)(C)S(=O)CC(=O)Cc1ccccc1F. The number of ketones is 1. The summed E-state index contributed by atoms with van der Waals surface area (Å²) in [6, 6.07) is 6.17. The van der Waals surface area contributed by atoms with Crippen molar-refractivity contribution in [3.05, 3.63) is 35.6 Å². The molecule has 1 aromatic rings. The third-order valence-corrected chi connectivity index (χ3v) is 4.27. The number of Topliss-reactive ketones (excluding diaryl/α,β-unsaturated/α-hetero) is 1. The van der Waals surface area contributed by atoms with E-state index in [0.717, 1.165) is 0 Å². The molecule has 1 atom stereocenters. The molecule has 0 heterocycles. The van der Waals surface area contributed by atoms with Gasteiger partial charge in [0.05, 0.1) is 5.75 Å². The van der Waals surface area contributed by atoms with Crippen LogP contribution in [0.15, 0.2) is 24.3 Å². The highest BCUT2D eigenvalue weighted by atomic mass is 32.2. The summed E-state index contributed by atoms with van der Waals surface area (Å²) in [5, 5.41) is 0. The van der Waals surface area contributed by atoms with Crippen LogP contribution in [0, 0.1) is 5.82 Å². The minimum absolute atomic E-state index is 0.00843. The fourth-order valence-electron chi connectivity index (χ4n) is 1.27. The lowest BCUT2D eigenvalue weighted by atomic mass is 10.1. The molecule has 0 N–H and O–H groups in total. The van der Waals surface area contributed by atoms with E-state index < -0.39 is 15.5 Å². The van der Waals surface area contributed by atoms with E-state index in [1.54, 1.807) is 18.2 Å². The summed E-state index contributed by atoms with van der Waals surface area (Å²) in [5.74, 6) is -0.594. The minimum Gasteiger partial charge on any atom is -0.298 e. The zero-order valence-electron chi connectivity index (χ0n) is 10.3. The van der Waals surface area contributed by atoms with Crippen molar-refractivity contribution in [1.82, 2.24) is 0 Å². The van der Waals surface area contributed by atoms with Crippen LogP contribution in [-0.4, -0.2) is 20.5 Å². The lowest BCUT2D eigenvalue weighted by molar-refractivity contribution is -0.116. The second kappa shape index (κ2) is 5.54. The first-order chi connectivity index (χ1) is 7.80. The summed E-state index contributed by atoms with van der Waals surface area (Å²) in [5.41, 5.74) is 0.364. The van der Waals surface area contributed by atoms with Gasteiger partial charge in [-0.2, -0.15) is 0 Å². The molecule has 0 fully saturated rings. The Labute approximate surface area is 104 Å². The minimum atomic E-state index is -1.22. The van der Waals surface area contributed by atoms with Gasteiger partial charge < -0.3 is 0 Å². The Morgan fingerprint density at radius 2 is 1.88 bits per heavy atom. The molecule has 0 aromatic heterocycles. The predicted molar refractivity (Wildman–Crippen MR) is 67.9 cm³/mol. The standard InChI is InChI=1S/C13H17FO2S/c1-13(2,3)17(16)9-11(15)8-10-6-4-5-7-12(10)14/h4-7H,8-9H2,1-3H3.